The number of hydrogen-bond donors (Lipinski definition) is 1. The van der Waals surface area contributed by atoms with E-state index in [4.69, 9.17) is 17.3 Å². The molecule has 104 valence electrons. The summed E-state index contributed by atoms with van der Waals surface area (Å²) in [6, 6.07) is 11.3. The fourth-order valence-corrected chi connectivity index (χ4v) is 1.94. The summed E-state index contributed by atoms with van der Waals surface area (Å²) in [6.45, 7) is 0.419. The third kappa shape index (κ3) is 3.27. The number of benzene rings is 2. The van der Waals surface area contributed by atoms with Crippen LogP contribution in [-0.4, -0.2) is 17.9 Å². The van der Waals surface area contributed by atoms with E-state index in [1.54, 1.807) is 19.2 Å². The van der Waals surface area contributed by atoms with E-state index in [9.17, 15) is 9.18 Å². The second kappa shape index (κ2) is 5.92. The van der Waals surface area contributed by atoms with E-state index in [1.165, 1.54) is 17.0 Å². The van der Waals surface area contributed by atoms with Crippen molar-refractivity contribution in [1.29, 1.82) is 0 Å². The van der Waals surface area contributed by atoms with E-state index in [1.807, 2.05) is 12.1 Å². The summed E-state index contributed by atoms with van der Waals surface area (Å²) in [4.78, 5) is 13.7. The number of rotatable bonds is 3. The standard InChI is InChI=1S/C15H14ClFN2O/c1-19(9-10-2-5-12(16)6-3-10)15(20)11-4-7-14(18)13(17)8-11/h2-8H,9,18H2,1H3. The van der Waals surface area contributed by atoms with Gasteiger partial charge in [0.2, 0.25) is 0 Å². The average Bonchev–Trinajstić information content (AvgIpc) is 2.43. The Labute approximate surface area is 121 Å². The fourth-order valence-electron chi connectivity index (χ4n) is 1.82. The molecule has 0 radical (unpaired) electrons. The summed E-state index contributed by atoms with van der Waals surface area (Å²) in [5.41, 5.74) is 6.64. The van der Waals surface area contributed by atoms with Crippen molar-refractivity contribution in [2.24, 2.45) is 0 Å². The molecule has 2 N–H and O–H groups in total. The van der Waals surface area contributed by atoms with Crippen molar-refractivity contribution in [3.8, 4) is 0 Å². The maximum atomic E-state index is 13.4. The van der Waals surface area contributed by atoms with Crippen LogP contribution in [-0.2, 0) is 6.54 Å². The molecule has 1 amide bonds. The number of hydrogen-bond acceptors (Lipinski definition) is 2. The molecule has 0 aliphatic rings. The lowest BCUT2D eigenvalue weighted by molar-refractivity contribution is 0.0784. The van der Waals surface area contributed by atoms with Crippen LogP contribution >= 0.6 is 11.6 Å². The minimum Gasteiger partial charge on any atom is -0.396 e. The Balaban J connectivity index is 2.11. The van der Waals surface area contributed by atoms with Gasteiger partial charge in [-0.2, -0.15) is 0 Å². The lowest BCUT2D eigenvalue weighted by Crippen LogP contribution is -2.26. The van der Waals surface area contributed by atoms with Gasteiger partial charge in [-0.15, -0.1) is 0 Å². The quantitative estimate of drug-likeness (QED) is 0.882. The second-order valence-electron chi connectivity index (χ2n) is 4.52. The molecular weight excluding hydrogens is 279 g/mol. The largest absolute Gasteiger partial charge is 0.396 e. The first-order chi connectivity index (χ1) is 9.47. The van der Waals surface area contributed by atoms with Crippen LogP contribution < -0.4 is 5.73 Å². The van der Waals surface area contributed by atoms with E-state index in [-0.39, 0.29) is 17.2 Å². The third-order valence-corrected chi connectivity index (χ3v) is 3.18. The highest BCUT2D eigenvalue weighted by Crippen LogP contribution is 2.15. The van der Waals surface area contributed by atoms with Gasteiger partial charge >= 0.3 is 0 Å². The summed E-state index contributed by atoms with van der Waals surface area (Å²) in [6.07, 6.45) is 0. The van der Waals surface area contributed by atoms with Crippen LogP contribution in [0, 0.1) is 5.82 Å². The lowest BCUT2D eigenvalue weighted by Gasteiger charge is -2.17. The van der Waals surface area contributed by atoms with Gasteiger partial charge in [-0.3, -0.25) is 4.79 Å². The van der Waals surface area contributed by atoms with Crippen LogP contribution in [0.1, 0.15) is 15.9 Å². The number of halogens is 2. The van der Waals surface area contributed by atoms with Crippen LogP contribution in [0.4, 0.5) is 10.1 Å². The van der Waals surface area contributed by atoms with Gasteiger partial charge in [-0.25, -0.2) is 4.39 Å². The molecule has 0 aromatic heterocycles. The molecule has 0 aliphatic heterocycles. The Morgan fingerprint density at radius 2 is 1.90 bits per heavy atom. The van der Waals surface area contributed by atoms with E-state index in [2.05, 4.69) is 0 Å². The lowest BCUT2D eigenvalue weighted by atomic mass is 10.1. The maximum Gasteiger partial charge on any atom is 0.254 e. The van der Waals surface area contributed by atoms with Gasteiger partial charge < -0.3 is 10.6 Å². The van der Waals surface area contributed by atoms with Crippen LogP contribution in [0.3, 0.4) is 0 Å². The Morgan fingerprint density at radius 3 is 2.50 bits per heavy atom. The van der Waals surface area contributed by atoms with Crippen LogP contribution in [0.25, 0.3) is 0 Å². The Kier molecular flexibility index (Phi) is 4.25. The zero-order valence-electron chi connectivity index (χ0n) is 10.9. The molecule has 20 heavy (non-hydrogen) atoms. The number of anilines is 1. The monoisotopic (exact) mass is 292 g/mol. The molecule has 0 bridgehead atoms. The van der Waals surface area contributed by atoms with Crippen molar-refractivity contribution < 1.29 is 9.18 Å². The second-order valence-corrected chi connectivity index (χ2v) is 4.96. The summed E-state index contributed by atoms with van der Waals surface area (Å²) < 4.78 is 13.4. The maximum absolute atomic E-state index is 13.4. The normalized spacial score (nSPS) is 10.3. The molecule has 0 fully saturated rings. The molecule has 0 saturated carbocycles. The Morgan fingerprint density at radius 1 is 1.25 bits per heavy atom. The van der Waals surface area contributed by atoms with Gasteiger partial charge in [0.1, 0.15) is 5.82 Å². The topological polar surface area (TPSA) is 46.3 Å². The smallest absolute Gasteiger partial charge is 0.254 e. The molecule has 2 aromatic carbocycles. The SMILES string of the molecule is CN(Cc1ccc(Cl)cc1)C(=O)c1ccc(N)c(F)c1. The highest BCUT2D eigenvalue weighted by molar-refractivity contribution is 6.30. The number of carbonyl (C=O) groups excluding carboxylic acids is 1. The average molecular weight is 293 g/mol. The molecule has 0 heterocycles. The molecule has 0 unspecified atom stereocenters. The number of carbonyl (C=O) groups is 1. The zero-order chi connectivity index (χ0) is 14.7. The number of amides is 1. The van der Waals surface area contributed by atoms with Gasteiger partial charge in [0, 0.05) is 24.2 Å². The van der Waals surface area contributed by atoms with Gasteiger partial charge in [0.25, 0.3) is 5.91 Å². The molecule has 0 aliphatic carbocycles. The van der Waals surface area contributed by atoms with Crippen molar-refractivity contribution >= 4 is 23.2 Å². The van der Waals surface area contributed by atoms with Gasteiger partial charge in [0.05, 0.1) is 5.69 Å². The number of nitrogens with two attached hydrogens (primary N) is 1. The van der Waals surface area contributed by atoms with E-state index >= 15 is 0 Å². The van der Waals surface area contributed by atoms with Gasteiger partial charge in [-0.1, -0.05) is 23.7 Å². The predicted octanol–water partition coefficient (Wildman–Crippen LogP) is 3.33. The summed E-state index contributed by atoms with van der Waals surface area (Å²) >= 11 is 5.80. The third-order valence-electron chi connectivity index (χ3n) is 2.93. The van der Waals surface area contributed by atoms with Crippen molar-refractivity contribution in [2.45, 2.75) is 6.54 Å². The molecular formula is C15H14ClFN2O. The summed E-state index contributed by atoms with van der Waals surface area (Å²) in [5.74, 6) is -0.852. The minimum absolute atomic E-state index is 0.0295. The molecule has 2 rings (SSSR count). The predicted molar refractivity (Wildman–Crippen MR) is 78.1 cm³/mol. The molecule has 0 spiro atoms. The van der Waals surface area contributed by atoms with Crippen molar-refractivity contribution in [3.63, 3.8) is 0 Å². The van der Waals surface area contributed by atoms with E-state index < -0.39 is 5.82 Å². The summed E-state index contributed by atoms with van der Waals surface area (Å²) in [7, 11) is 1.66. The van der Waals surface area contributed by atoms with Crippen LogP contribution in [0.5, 0.6) is 0 Å². The molecule has 3 nitrogen and oxygen atoms in total. The minimum atomic E-state index is -0.587. The number of nitrogen functional groups attached to an aromatic ring is 1. The fraction of sp³-hybridized carbons (Fsp3) is 0.133. The van der Waals surface area contributed by atoms with E-state index in [0.29, 0.717) is 11.6 Å². The van der Waals surface area contributed by atoms with Crippen molar-refractivity contribution in [2.75, 3.05) is 12.8 Å². The Hall–Kier alpha value is -2.07. The van der Waals surface area contributed by atoms with Gasteiger partial charge in [-0.05, 0) is 35.9 Å². The highest BCUT2D eigenvalue weighted by atomic mass is 35.5. The van der Waals surface area contributed by atoms with Crippen LogP contribution in [0.2, 0.25) is 5.02 Å². The first-order valence-corrected chi connectivity index (χ1v) is 6.40. The Bertz CT molecular complexity index is 628. The molecule has 0 atom stereocenters. The first kappa shape index (κ1) is 14.3. The zero-order valence-corrected chi connectivity index (χ0v) is 11.7. The first-order valence-electron chi connectivity index (χ1n) is 6.02. The van der Waals surface area contributed by atoms with Crippen molar-refractivity contribution in [3.05, 3.63) is 64.4 Å². The van der Waals surface area contributed by atoms with E-state index in [0.717, 1.165) is 11.6 Å². The molecule has 5 heteroatoms. The molecule has 0 saturated heterocycles. The van der Waals surface area contributed by atoms with Crippen molar-refractivity contribution in [1.82, 2.24) is 4.90 Å². The highest BCUT2D eigenvalue weighted by Gasteiger charge is 2.13. The summed E-state index contributed by atoms with van der Waals surface area (Å²) in [5, 5.41) is 0.642. The molecule has 2 aromatic rings. The van der Waals surface area contributed by atoms with Gasteiger partial charge in [0.15, 0.2) is 0 Å². The number of nitrogens with zero attached hydrogens (tertiary/aromatic N) is 1. The van der Waals surface area contributed by atoms with Crippen LogP contribution in [0.15, 0.2) is 42.5 Å².